The minimum Gasteiger partial charge on any atom is -0.333 e. The maximum absolute atomic E-state index is 14.0. The van der Waals surface area contributed by atoms with Crippen molar-refractivity contribution < 1.29 is 9.59 Å². The minimum absolute atomic E-state index is 0.0533. The summed E-state index contributed by atoms with van der Waals surface area (Å²) in [6.07, 6.45) is 4.37. The van der Waals surface area contributed by atoms with E-state index in [1.807, 2.05) is 55.1 Å². The van der Waals surface area contributed by atoms with Gasteiger partial charge in [0, 0.05) is 19.2 Å². The largest absolute Gasteiger partial charge is 0.333 e. The number of para-hydroxylation sites is 2. The molecule has 1 aromatic heterocycles. The number of benzene rings is 2. The van der Waals surface area contributed by atoms with E-state index < -0.39 is 0 Å². The molecule has 0 saturated heterocycles. The molecule has 1 aliphatic rings. The Balaban J connectivity index is 1.76. The van der Waals surface area contributed by atoms with Gasteiger partial charge >= 0.3 is 0 Å². The Bertz CT molecular complexity index is 1160. The molecule has 0 aliphatic carbocycles. The third-order valence-corrected chi connectivity index (χ3v) is 6.39. The van der Waals surface area contributed by atoms with Crippen molar-refractivity contribution in [1.29, 1.82) is 0 Å². The van der Waals surface area contributed by atoms with Gasteiger partial charge in [-0.3, -0.25) is 14.5 Å². The molecule has 1 unspecified atom stereocenters. The number of rotatable bonds is 8. The number of hydrogen-bond donors (Lipinski definition) is 0. The quantitative estimate of drug-likeness (QED) is 0.423. The number of aromatic nitrogens is 1. The first-order valence-electron chi connectivity index (χ1n) is 12.3. The van der Waals surface area contributed by atoms with Crippen molar-refractivity contribution in [2.45, 2.75) is 53.0 Å². The molecule has 2 amide bonds. The predicted molar refractivity (Wildman–Crippen MR) is 137 cm³/mol. The van der Waals surface area contributed by atoms with Crippen molar-refractivity contribution in [3.8, 4) is 5.69 Å². The fourth-order valence-corrected chi connectivity index (χ4v) is 4.78. The van der Waals surface area contributed by atoms with Gasteiger partial charge in [0.15, 0.2) is 0 Å². The van der Waals surface area contributed by atoms with E-state index in [0.29, 0.717) is 13.0 Å². The van der Waals surface area contributed by atoms with Crippen LogP contribution in [0.1, 0.15) is 62.9 Å². The van der Waals surface area contributed by atoms with E-state index in [4.69, 9.17) is 0 Å². The second-order valence-corrected chi connectivity index (χ2v) is 9.64. The van der Waals surface area contributed by atoms with Gasteiger partial charge in [0.25, 0.3) is 0 Å². The molecule has 2 heterocycles. The van der Waals surface area contributed by atoms with Crippen LogP contribution in [0.2, 0.25) is 0 Å². The lowest BCUT2D eigenvalue weighted by atomic mass is 9.96. The van der Waals surface area contributed by atoms with Crippen molar-refractivity contribution in [1.82, 2.24) is 9.47 Å². The highest BCUT2D eigenvalue weighted by Gasteiger charge is 2.36. The summed E-state index contributed by atoms with van der Waals surface area (Å²) >= 11 is 0. The Morgan fingerprint density at radius 1 is 1.00 bits per heavy atom. The summed E-state index contributed by atoms with van der Waals surface area (Å²) < 4.78 is 2.17. The molecule has 0 saturated carbocycles. The fourth-order valence-electron chi connectivity index (χ4n) is 4.78. The van der Waals surface area contributed by atoms with Gasteiger partial charge in [-0.1, -0.05) is 69.2 Å². The standard InChI is InChI=1S/C29H35N3O2/c1-5-6-16-30(27(33)18-21(2)3)20-28(34)32-25-14-8-7-13-24(25)31-17-10-15-26(31)29(32)23-12-9-11-22(4)19-23/h7-15,17,19,21,29H,5-6,16,18,20H2,1-4H3. The van der Waals surface area contributed by atoms with Gasteiger partial charge in [0.05, 0.1) is 17.1 Å². The molecule has 0 radical (unpaired) electrons. The number of carbonyl (C=O) groups excluding carboxylic acids is 2. The zero-order chi connectivity index (χ0) is 24.2. The smallest absolute Gasteiger partial charge is 0.247 e. The van der Waals surface area contributed by atoms with Crippen LogP contribution in [0.3, 0.4) is 0 Å². The number of amides is 2. The molecule has 0 N–H and O–H groups in total. The van der Waals surface area contributed by atoms with Gasteiger partial charge in [-0.2, -0.15) is 0 Å². The zero-order valence-corrected chi connectivity index (χ0v) is 20.7. The fraction of sp³-hybridized carbons (Fsp3) is 0.379. The summed E-state index contributed by atoms with van der Waals surface area (Å²) in [5, 5.41) is 0. The van der Waals surface area contributed by atoms with Crippen LogP contribution in [-0.2, 0) is 9.59 Å². The molecular formula is C29H35N3O2. The third kappa shape index (κ3) is 4.79. The van der Waals surface area contributed by atoms with Crippen LogP contribution in [-0.4, -0.2) is 34.4 Å². The summed E-state index contributed by atoms with van der Waals surface area (Å²) in [7, 11) is 0. The number of anilines is 1. The molecule has 1 aliphatic heterocycles. The van der Waals surface area contributed by atoms with Crippen LogP contribution in [0.15, 0.2) is 66.9 Å². The lowest BCUT2D eigenvalue weighted by molar-refractivity contribution is -0.136. The molecule has 2 aromatic carbocycles. The maximum atomic E-state index is 14.0. The molecule has 1 atom stereocenters. The molecule has 0 bridgehead atoms. The molecule has 34 heavy (non-hydrogen) atoms. The SMILES string of the molecule is CCCCN(CC(=O)N1c2ccccc2-n2cccc2C1c1cccc(C)c1)C(=O)CC(C)C. The first-order chi connectivity index (χ1) is 16.4. The molecular weight excluding hydrogens is 422 g/mol. The number of hydrogen-bond acceptors (Lipinski definition) is 2. The Morgan fingerprint density at radius 3 is 2.47 bits per heavy atom. The maximum Gasteiger partial charge on any atom is 0.247 e. The number of fused-ring (bicyclic) bond motifs is 3. The Kier molecular flexibility index (Phi) is 7.20. The summed E-state index contributed by atoms with van der Waals surface area (Å²) in [5.41, 5.74) is 5.11. The lowest BCUT2D eigenvalue weighted by Gasteiger charge is -2.39. The first kappa shape index (κ1) is 23.8. The van der Waals surface area contributed by atoms with Crippen molar-refractivity contribution >= 4 is 17.5 Å². The lowest BCUT2D eigenvalue weighted by Crippen LogP contribution is -2.47. The van der Waals surface area contributed by atoms with Gasteiger partial charge in [0.1, 0.15) is 12.6 Å². The van der Waals surface area contributed by atoms with Crippen molar-refractivity contribution in [2.24, 2.45) is 5.92 Å². The van der Waals surface area contributed by atoms with E-state index in [2.05, 4.69) is 48.9 Å². The zero-order valence-electron chi connectivity index (χ0n) is 20.7. The molecule has 4 rings (SSSR count). The van der Waals surface area contributed by atoms with Crippen molar-refractivity contribution in [2.75, 3.05) is 18.0 Å². The van der Waals surface area contributed by atoms with Gasteiger partial charge in [-0.05, 0) is 49.1 Å². The van der Waals surface area contributed by atoms with Crippen LogP contribution >= 0.6 is 0 Å². The van der Waals surface area contributed by atoms with Crippen LogP contribution < -0.4 is 4.90 Å². The van der Waals surface area contributed by atoms with Gasteiger partial charge in [0.2, 0.25) is 11.8 Å². The number of carbonyl (C=O) groups is 2. The van der Waals surface area contributed by atoms with Gasteiger partial charge in [-0.15, -0.1) is 0 Å². The first-order valence-corrected chi connectivity index (χ1v) is 12.3. The Labute approximate surface area is 203 Å². The number of aryl methyl sites for hydroxylation is 1. The topological polar surface area (TPSA) is 45.6 Å². The Morgan fingerprint density at radius 2 is 1.76 bits per heavy atom. The van der Waals surface area contributed by atoms with Crippen LogP contribution in [0, 0.1) is 12.8 Å². The van der Waals surface area contributed by atoms with E-state index >= 15 is 0 Å². The predicted octanol–water partition coefficient (Wildman–Crippen LogP) is 5.90. The second kappa shape index (κ2) is 10.3. The highest BCUT2D eigenvalue weighted by atomic mass is 16.2. The molecule has 3 aromatic rings. The molecule has 5 nitrogen and oxygen atoms in total. The van der Waals surface area contributed by atoms with Gasteiger partial charge < -0.3 is 9.47 Å². The van der Waals surface area contributed by atoms with E-state index in [9.17, 15) is 9.59 Å². The second-order valence-electron chi connectivity index (χ2n) is 9.64. The average molecular weight is 458 g/mol. The molecule has 5 heteroatoms. The summed E-state index contributed by atoms with van der Waals surface area (Å²) in [6.45, 7) is 8.96. The van der Waals surface area contributed by atoms with Crippen LogP contribution in [0.5, 0.6) is 0 Å². The number of unbranched alkanes of at least 4 members (excludes halogenated alkanes) is 1. The molecule has 0 fully saturated rings. The minimum atomic E-state index is -0.259. The highest BCUT2D eigenvalue weighted by molar-refractivity contribution is 6.00. The third-order valence-electron chi connectivity index (χ3n) is 6.39. The summed E-state index contributed by atoms with van der Waals surface area (Å²) in [4.78, 5) is 30.7. The molecule has 178 valence electrons. The van der Waals surface area contributed by atoms with E-state index in [1.165, 1.54) is 0 Å². The van der Waals surface area contributed by atoms with E-state index in [-0.39, 0.29) is 30.3 Å². The number of nitrogens with zero attached hydrogens (tertiary/aromatic N) is 3. The van der Waals surface area contributed by atoms with E-state index in [0.717, 1.165) is 41.0 Å². The average Bonchev–Trinajstić information content (AvgIpc) is 3.30. The van der Waals surface area contributed by atoms with Crippen LogP contribution in [0.4, 0.5) is 5.69 Å². The normalized spacial score (nSPS) is 14.6. The monoisotopic (exact) mass is 457 g/mol. The summed E-state index contributed by atoms with van der Waals surface area (Å²) in [5.74, 6) is 0.253. The van der Waals surface area contributed by atoms with E-state index in [1.54, 1.807) is 4.90 Å². The Hall–Kier alpha value is -3.34. The van der Waals surface area contributed by atoms with Crippen LogP contribution in [0.25, 0.3) is 5.69 Å². The van der Waals surface area contributed by atoms with Gasteiger partial charge in [-0.25, -0.2) is 0 Å². The van der Waals surface area contributed by atoms with Crippen molar-refractivity contribution in [3.05, 3.63) is 83.7 Å². The highest BCUT2D eigenvalue weighted by Crippen LogP contribution is 2.42. The summed E-state index contributed by atoms with van der Waals surface area (Å²) in [6, 6.07) is 20.2. The van der Waals surface area contributed by atoms with Crippen molar-refractivity contribution in [3.63, 3.8) is 0 Å². The molecule has 0 spiro atoms.